The second-order valence-electron chi connectivity index (χ2n) is 3.93. The number of benzene rings is 1. The molecule has 0 N–H and O–H groups in total. The van der Waals surface area contributed by atoms with Crippen molar-refractivity contribution in [2.45, 2.75) is 25.7 Å². The smallest absolute Gasteiger partial charge is 0.335 e. The molecule has 0 radical (unpaired) electrons. The summed E-state index contributed by atoms with van der Waals surface area (Å²) in [7, 11) is -2.93. The first-order valence-corrected chi connectivity index (χ1v) is 7.55. The van der Waals surface area contributed by atoms with E-state index >= 15 is 0 Å². The van der Waals surface area contributed by atoms with Gasteiger partial charge in [0.05, 0.1) is 13.2 Å². The first-order valence-electron chi connectivity index (χ1n) is 6.38. The van der Waals surface area contributed by atoms with E-state index in [9.17, 15) is 13.2 Å². The molecule has 0 spiro atoms. The quantitative estimate of drug-likeness (QED) is 0.358. The molecule has 116 valence electrons. The van der Waals surface area contributed by atoms with Gasteiger partial charge >= 0.3 is 5.97 Å². The second kappa shape index (κ2) is 7.68. The Hall–Kier alpha value is -2.02. The highest BCUT2D eigenvalue weighted by molar-refractivity contribution is 7.72. The fraction of sp³-hybridized carbons (Fsp3) is 0.357. The number of carbonyl (C=O) groups is 1. The summed E-state index contributed by atoms with van der Waals surface area (Å²) in [5.74, 6) is -0.202. The van der Waals surface area contributed by atoms with Crippen molar-refractivity contribution in [1.82, 2.24) is 0 Å². The molecule has 7 heteroatoms. The minimum atomic E-state index is -2.93. The third-order valence-corrected chi connectivity index (χ3v) is 3.29. The Kier molecular flexibility index (Phi) is 6.23. The Morgan fingerprint density at radius 2 is 1.81 bits per heavy atom. The minimum Gasteiger partial charge on any atom is -0.490 e. The molecule has 0 aliphatic rings. The average Bonchev–Trinajstić information content (AvgIpc) is 2.45. The molecule has 1 aromatic carbocycles. The van der Waals surface area contributed by atoms with Crippen molar-refractivity contribution in [3.05, 3.63) is 24.3 Å². The van der Waals surface area contributed by atoms with Crippen LogP contribution in [0.4, 0.5) is 0 Å². The number of carbonyl (C=O) groups excluding carboxylic acids is 1. The topological polar surface area (TPSA) is 78.9 Å². The van der Waals surface area contributed by atoms with Crippen molar-refractivity contribution >= 4 is 16.7 Å². The van der Waals surface area contributed by atoms with Crippen molar-refractivity contribution in [1.29, 1.82) is 0 Å². The second-order valence-corrected chi connectivity index (χ2v) is 4.92. The van der Waals surface area contributed by atoms with Crippen LogP contribution in [-0.2, 0) is 15.5 Å². The molecule has 6 nitrogen and oxygen atoms in total. The van der Waals surface area contributed by atoms with E-state index in [-0.39, 0.29) is 28.8 Å². The zero-order chi connectivity index (χ0) is 16.0. The first-order chi connectivity index (χ1) is 9.96. The molecular formula is C14H18O6S. The Labute approximate surface area is 125 Å². The number of hydrogen-bond donors (Lipinski definition) is 1. The zero-order valence-corrected chi connectivity index (χ0v) is 13.1. The van der Waals surface area contributed by atoms with Crippen LogP contribution in [0.2, 0.25) is 0 Å². The highest BCUT2D eigenvalue weighted by Gasteiger charge is 2.21. The number of ether oxygens (including phenoxy) is 3. The lowest BCUT2D eigenvalue weighted by Gasteiger charge is -2.17. The predicted octanol–water partition coefficient (Wildman–Crippen LogP) is 1.85. The molecule has 0 aliphatic carbocycles. The number of esters is 1. The summed E-state index contributed by atoms with van der Waals surface area (Å²) in [6.07, 6.45) is 0.993. The van der Waals surface area contributed by atoms with Crippen LogP contribution in [0.1, 0.15) is 19.4 Å². The molecule has 0 unspecified atom stereocenters. The predicted molar refractivity (Wildman–Crippen MR) is 77.9 cm³/mol. The SMILES string of the molecule is C=CC(=O)Oc1cc([SH](=O)=O)c(OCC)c(OCC)c1C. The van der Waals surface area contributed by atoms with Crippen LogP contribution >= 0.6 is 0 Å². The molecule has 1 aromatic rings. The van der Waals surface area contributed by atoms with Gasteiger partial charge in [-0.2, -0.15) is 0 Å². The first kappa shape index (κ1) is 17.0. The fourth-order valence-corrected chi connectivity index (χ4v) is 2.24. The molecule has 21 heavy (non-hydrogen) atoms. The van der Waals surface area contributed by atoms with Crippen molar-refractivity contribution in [2.24, 2.45) is 0 Å². The number of rotatable bonds is 7. The van der Waals surface area contributed by atoms with Gasteiger partial charge in [-0.1, -0.05) is 6.58 Å². The molecule has 0 aliphatic heterocycles. The van der Waals surface area contributed by atoms with Gasteiger partial charge in [-0.15, -0.1) is 0 Å². The molecule has 1 rings (SSSR count). The summed E-state index contributed by atoms with van der Waals surface area (Å²) >= 11 is 0. The summed E-state index contributed by atoms with van der Waals surface area (Å²) in [5.41, 5.74) is 0.483. The van der Waals surface area contributed by atoms with E-state index in [1.54, 1.807) is 20.8 Å². The Morgan fingerprint density at radius 1 is 1.24 bits per heavy atom. The highest BCUT2D eigenvalue weighted by Crippen LogP contribution is 2.41. The van der Waals surface area contributed by atoms with Crippen molar-refractivity contribution in [2.75, 3.05) is 13.2 Å². The minimum absolute atomic E-state index is 0.0900. The molecule has 0 aromatic heterocycles. The lowest BCUT2D eigenvalue weighted by molar-refractivity contribution is -0.129. The Bertz CT molecular complexity index is 610. The molecule has 0 heterocycles. The fourth-order valence-electron chi connectivity index (χ4n) is 1.69. The van der Waals surface area contributed by atoms with Crippen molar-refractivity contribution in [3.63, 3.8) is 0 Å². The van der Waals surface area contributed by atoms with Crippen LogP contribution in [0.5, 0.6) is 17.2 Å². The monoisotopic (exact) mass is 314 g/mol. The molecule has 0 amide bonds. The van der Waals surface area contributed by atoms with Crippen LogP contribution in [0.25, 0.3) is 0 Å². The average molecular weight is 314 g/mol. The summed E-state index contributed by atoms with van der Waals surface area (Å²) < 4.78 is 38.7. The van der Waals surface area contributed by atoms with Gasteiger partial charge in [0.15, 0.2) is 22.2 Å². The molecule has 0 atom stereocenters. The lowest BCUT2D eigenvalue weighted by atomic mass is 10.2. The lowest BCUT2D eigenvalue weighted by Crippen LogP contribution is -2.08. The molecule has 0 fully saturated rings. The number of hydrogen-bond acceptors (Lipinski definition) is 6. The maximum atomic E-state index is 11.4. The highest BCUT2D eigenvalue weighted by atomic mass is 32.2. The molecule has 0 bridgehead atoms. The normalized spacial score (nSPS) is 10.3. The Balaban J connectivity index is 3.54. The van der Waals surface area contributed by atoms with E-state index in [1.807, 2.05) is 0 Å². The third kappa shape index (κ3) is 3.98. The third-order valence-electron chi connectivity index (χ3n) is 2.57. The molecular weight excluding hydrogens is 296 g/mol. The summed E-state index contributed by atoms with van der Waals surface area (Å²) in [5, 5.41) is 0. The summed E-state index contributed by atoms with van der Waals surface area (Å²) in [6.45, 7) is 9.04. The van der Waals surface area contributed by atoms with Crippen LogP contribution in [0.3, 0.4) is 0 Å². The van der Waals surface area contributed by atoms with E-state index in [0.717, 1.165) is 6.08 Å². The van der Waals surface area contributed by atoms with Crippen LogP contribution in [0, 0.1) is 6.92 Å². The Morgan fingerprint density at radius 3 is 2.29 bits per heavy atom. The standard InChI is InChI=1S/C14H18O6S/c1-5-12(15)20-10-8-11(21(16)17)14(19-7-3)13(9(10)4)18-6-2/h5,8,21H,1,6-7H2,2-4H3. The van der Waals surface area contributed by atoms with Crippen LogP contribution in [0.15, 0.2) is 23.6 Å². The molecule has 0 saturated heterocycles. The largest absolute Gasteiger partial charge is 0.490 e. The van der Waals surface area contributed by atoms with E-state index in [4.69, 9.17) is 14.2 Å². The van der Waals surface area contributed by atoms with Gasteiger partial charge in [0, 0.05) is 17.7 Å². The van der Waals surface area contributed by atoms with E-state index in [1.165, 1.54) is 6.07 Å². The zero-order valence-electron chi connectivity index (χ0n) is 12.2. The van der Waals surface area contributed by atoms with Gasteiger partial charge in [0.1, 0.15) is 10.6 Å². The van der Waals surface area contributed by atoms with Gasteiger partial charge in [0.25, 0.3) is 0 Å². The maximum absolute atomic E-state index is 11.4. The number of thiol groups is 1. The van der Waals surface area contributed by atoms with Gasteiger partial charge in [-0.3, -0.25) is 0 Å². The van der Waals surface area contributed by atoms with Gasteiger partial charge in [-0.25, -0.2) is 13.2 Å². The molecule has 0 saturated carbocycles. The van der Waals surface area contributed by atoms with Gasteiger partial charge in [-0.05, 0) is 20.8 Å². The van der Waals surface area contributed by atoms with Crippen LogP contribution < -0.4 is 14.2 Å². The summed E-state index contributed by atoms with van der Waals surface area (Å²) in [6, 6.07) is 1.25. The van der Waals surface area contributed by atoms with E-state index < -0.39 is 16.7 Å². The van der Waals surface area contributed by atoms with Crippen LogP contribution in [-0.4, -0.2) is 27.6 Å². The summed E-state index contributed by atoms with van der Waals surface area (Å²) in [4.78, 5) is 11.2. The van der Waals surface area contributed by atoms with E-state index in [0.29, 0.717) is 12.2 Å². The van der Waals surface area contributed by atoms with E-state index in [2.05, 4.69) is 6.58 Å². The van der Waals surface area contributed by atoms with Crippen molar-refractivity contribution < 1.29 is 27.4 Å². The van der Waals surface area contributed by atoms with Crippen molar-refractivity contribution in [3.8, 4) is 17.2 Å². The van der Waals surface area contributed by atoms with Gasteiger partial charge in [0.2, 0.25) is 0 Å². The van der Waals surface area contributed by atoms with Gasteiger partial charge < -0.3 is 14.2 Å². The maximum Gasteiger partial charge on any atom is 0.335 e.